The first-order valence-corrected chi connectivity index (χ1v) is 10.0. The molecule has 0 aromatic rings. The molecule has 0 bridgehead atoms. The van der Waals surface area contributed by atoms with Gasteiger partial charge in [0.1, 0.15) is 0 Å². The summed E-state index contributed by atoms with van der Waals surface area (Å²) in [5.74, 6) is 0.928. The summed E-state index contributed by atoms with van der Waals surface area (Å²) in [6.45, 7) is 5.32. The number of nitrogens with zero attached hydrogens (tertiary/aromatic N) is 1. The normalized spacial score (nSPS) is 29.5. The van der Waals surface area contributed by atoms with E-state index < -0.39 is 7.60 Å². The van der Waals surface area contributed by atoms with E-state index in [9.17, 15) is 14.3 Å². The second-order valence-corrected chi connectivity index (χ2v) is 8.15. The molecule has 6 nitrogen and oxygen atoms in total. The lowest BCUT2D eigenvalue weighted by Gasteiger charge is -2.42. The molecule has 1 heterocycles. The number of carbonyl (C=O) groups is 1. The van der Waals surface area contributed by atoms with Crippen LogP contribution in [0.2, 0.25) is 0 Å². The van der Waals surface area contributed by atoms with E-state index in [1.807, 2.05) is 6.92 Å². The van der Waals surface area contributed by atoms with Gasteiger partial charge >= 0.3 is 13.7 Å². The first-order chi connectivity index (χ1) is 10.9. The molecule has 1 aliphatic carbocycles. The van der Waals surface area contributed by atoms with E-state index in [0.717, 1.165) is 37.8 Å². The van der Waals surface area contributed by atoms with Gasteiger partial charge in [0.2, 0.25) is 0 Å². The molecule has 1 N–H and O–H groups in total. The maximum Gasteiger partial charge on any atom is 0.409 e. The zero-order chi connectivity index (χ0) is 17.0. The summed E-state index contributed by atoms with van der Waals surface area (Å²) < 4.78 is 22.3. The molecule has 1 amide bonds. The molecule has 2 aliphatic rings. The quantitative estimate of drug-likeness (QED) is 0.785. The molecule has 0 spiro atoms. The lowest BCUT2D eigenvalue weighted by molar-refractivity contribution is 0.0743. The summed E-state index contributed by atoms with van der Waals surface area (Å²) in [5, 5.41) is 0.605. The fourth-order valence-electron chi connectivity index (χ4n) is 3.91. The molecule has 23 heavy (non-hydrogen) atoms. The fourth-order valence-corrected chi connectivity index (χ4v) is 5.42. The van der Waals surface area contributed by atoms with Gasteiger partial charge in [0, 0.05) is 18.4 Å². The molecule has 3 atom stereocenters. The second-order valence-electron chi connectivity index (χ2n) is 6.31. The maximum atomic E-state index is 12.4. The average Bonchev–Trinajstić information content (AvgIpc) is 2.53. The number of likely N-dealkylation sites (tertiary alicyclic amines) is 1. The molecular weight excluding hydrogens is 317 g/mol. The number of ether oxygens (including phenoxy) is 1. The van der Waals surface area contributed by atoms with Gasteiger partial charge in [-0.1, -0.05) is 12.5 Å². The summed E-state index contributed by atoms with van der Waals surface area (Å²) in [5.41, 5.74) is 1.10. The van der Waals surface area contributed by atoms with Crippen LogP contribution in [0.15, 0.2) is 10.9 Å². The van der Waals surface area contributed by atoms with E-state index in [1.165, 1.54) is 7.11 Å². The molecule has 0 aromatic carbocycles. The highest BCUT2D eigenvalue weighted by molar-refractivity contribution is 7.57. The molecule has 1 saturated carbocycles. The zero-order valence-corrected chi connectivity index (χ0v) is 15.2. The highest BCUT2D eigenvalue weighted by Gasteiger charge is 2.37. The number of fused-ring (bicyclic) bond motifs is 1. The van der Waals surface area contributed by atoms with E-state index in [2.05, 4.69) is 0 Å². The van der Waals surface area contributed by atoms with Gasteiger partial charge in [0.25, 0.3) is 0 Å². The Kier molecular flexibility index (Phi) is 6.29. The first kappa shape index (κ1) is 18.5. The summed E-state index contributed by atoms with van der Waals surface area (Å²) in [4.78, 5) is 23.6. The van der Waals surface area contributed by atoms with Crippen LogP contribution in [0.25, 0.3) is 0 Å². The minimum absolute atomic E-state index is 0.241. The van der Waals surface area contributed by atoms with Crippen molar-refractivity contribution in [2.24, 2.45) is 11.8 Å². The first-order valence-electron chi connectivity index (χ1n) is 8.44. The summed E-state index contributed by atoms with van der Waals surface area (Å²) in [7, 11) is -2.24. The fraction of sp³-hybridized carbons (Fsp3) is 0.812. The number of amides is 1. The molecule has 132 valence electrons. The topological polar surface area (TPSA) is 76.1 Å². The highest BCUT2D eigenvalue weighted by Crippen LogP contribution is 2.56. The minimum Gasteiger partial charge on any atom is -0.453 e. The summed E-state index contributed by atoms with van der Waals surface area (Å²) >= 11 is 0. The molecule has 1 aliphatic heterocycles. The third kappa shape index (κ3) is 4.17. The Balaban J connectivity index is 2.10. The molecule has 2 rings (SSSR count). The van der Waals surface area contributed by atoms with Gasteiger partial charge in [-0.2, -0.15) is 0 Å². The van der Waals surface area contributed by atoms with Crippen LogP contribution in [0.5, 0.6) is 0 Å². The maximum absolute atomic E-state index is 12.4. The van der Waals surface area contributed by atoms with Crippen molar-refractivity contribution in [3.8, 4) is 0 Å². The standard InChI is InChI=1S/C16H28NO5P/c1-4-15(23(19,20)22-5-2)13-6-7-14-11-17(16(18)21-3)9-8-12(14)10-13/h12,14H,4-11H2,1-3H3,(H,19,20)/t12-,14-/m0/s1. The van der Waals surface area contributed by atoms with Crippen LogP contribution >= 0.6 is 7.60 Å². The Morgan fingerprint density at radius 2 is 2.09 bits per heavy atom. The van der Waals surface area contributed by atoms with Gasteiger partial charge in [0.05, 0.1) is 13.7 Å². The van der Waals surface area contributed by atoms with Gasteiger partial charge in [-0.15, -0.1) is 0 Å². The van der Waals surface area contributed by atoms with Crippen molar-refractivity contribution in [3.63, 3.8) is 0 Å². The number of hydrogen-bond donors (Lipinski definition) is 1. The van der Waals surface area contributed by atoms with Crippen molar-refractivity contribution in [2.75, 3.05) is 26.8 Å². The van der Waals surface area contributed by atoms with Gasteiger partial charge in [-0.25, -0.2) is 4.79 Å². The predicted octanol–water partition coefficient (Wildman–Crippen LogP) is 3.76. The Bertz CT molecular complexity index is 519. The smallest absolute Gasteiger partial charge is 0.409 e. The molecule has 0 aromatic heterocycles. The molecular formula is C16H28NO5P. The van der Waals surface area contributed by atoms with Crippen molar-refractivity contribution >= 4 is 13.7 Å². The summed E-state index contributed by atoms with van der Waals surface area (Å²) in [6, 6.07) is 0. The Hall–Kier alpha value is -0.840. The third-order valence-corrected chi connectivity index (χ3v) is 6.96. The second kappa shape index (κ2) is 7.82. The van der Waals surface area contributed by atoms with E-state index in [0.29, 0.717) is 30.1 Å². The van der Waals surface area contributed by atoms with Crippen LogP contribution in [0.3, 0.4) is 0 Å². The van der Waals surface area contributed by atoms with E-state index in [4.69, 9.17) is 9.26 Å². The van der Waals surface area contributed by atoms with E-state index >= 15 is 0 Å². The van der Waals surface area contributed by atoms with Crippen LogP contribution in [0, 0.1) is 11.8 Å². The van der Waals surface area contributed by atoms with Crippen LogP contribution in [-0.2, 0) is 13.8 Å². The number of allylic oxidation sites excluding steroid dienone is 2. The molecule has 1 unspecified atom stereocenters. The molecule has 1 saturated heterocycles. The number of hydrogen-bond acceptors (Lipinski definition) is 4. The van der Waals surface area contributed by atoms with Crippen molar-refractivity contribution in [2.45, 2.75) is 46.0 Å². The number of methoxy groups -OCH3 is 1. The van der Waals surface area contributed by atoms with Crippen LogP contribution in [0.4, 0.5) is 4.79 Å². The van der Waals surface area contributed by atoms with Gasteiger partial charge in [-0.05, 0) is 50.9 Å². The molecule has 0 radical (unpaired) electrons. The highest BCUT2D eigenvalue weighted by atomic mass is 31.2. The largest absolute Gasteiger partial charge is 0.453 e. The number of rotatable bonds is 4. The lowest BCUT2D eigenvalue weighted by atomic mass is 9.73. The van der Waals surface area contributed by atoms with Crippen molar-refractivity contribution < 1.29 is 23.5 Å². The average molecular weight is 345 g/mol. The molecule has 2 fully saturated rings. The predicted molar refractivity (Wildman–Crippen MR) is 88.2 cm³/mol. The van der Waals surface area contributed by atoms with E-state index in [-0.39, 0.29) is 12.7 Å². The van der Waals surface area contributed by atoms with Crippen molar-refractivity contribution in [1.82, 2.24) is 4.90 Å². The van der Waals surface area contributed by atoms with Gasteiger partial charge in [0.15, 0.2) is 0 Å². The van der Waals surface area contributed by atoms with Crippen LogP contribution in [0.1, 0.15) is 46.0 Å². The monoisotopic (exact) mass is 345 g/mol. The Labute approximate surface area is 138 Å². The SMILES string of the molecule is CCOP(=O)(O)C(CC)=C1CC[C@H]2CN(C(=O)OC)CC[C@H]2C1. The summed E-state index contributed by atoms with van der Waals surface area (Å²) in [6.07, 6.45) is 3.83. The molecule has 7 heteroatoms. The number of piperidine rings is 1. The zero-order valence-electron chi connectivity index (χ0n) is 14.3. The third-order valence-electron chi connectivity index (χ3n) is 5.04. The van der Waals surface area contributed by atoms with Crippen molar-refractivity contribution in [1.29, 1.82) is 0 Å². The van der Waals surface area contributed by atoms with Crippen LogP contribution in [-0.4, -0.2) is 42.7 Å². The van der Waals surface area contributed by atoms with Gasteiger partial charge < -0.3 is 19.1 Å². The minimum atomic E-state index is -3.66. The number of carbonyl (C=O) groups excluding carboxylic acids is 1. The van der Waals surface area contributed by atoms with Gasteiger partial charge in [-0.3, -0.25) is 4.57 Å². The lowest BCUT2D eigenvalue weighted by Crippen LogP contribution is -2.45. The Morgan fingerprint density at radius 1 is 1.35 bits per heavy atom. The van der Waals surface area contributed by atoms with E-state index in [1.54, 1.807) is 11.8 Å². The van der Waals surface area contributed by atoms with Crippen LogP contribution < -0.4 is 0 Å². The Morgan fingerprint density at radius 3 is 2.70 bits per heavy atom. The van der Waals surface area contributed by atoms with Crippen molar-refractivity contribution in [3.05, 3.63) is 10.9 Å².